The summed E-state index contributed by atoms with van der Waals surface area (Å²) in [5.74, 6) is 0. The Balaban J connectivity index is 0. The van der Waals surface area contributed by atoms with Crippen molar-refractivity contribution in [3.8, 4) is 0 Å². The second-order valence-corrected chi connectivity index (χ2v) is 0. The maximum Gasteiger partial charge on any atom is 0 e. The summed E-state index contributed by atoms with van der Waals surface area (Å²) >= 11 is 0. The Morgan fingerprint density at radius 2 is 0.857 bits per heavy atom. The van der Waals surface area contributed by atoms with Crippen LogP contribution in [0.25, 0.3) is 0 Å². The Morgan fingerprint density at radius 1 is 0.857 bits per heavy atom. The first kappa shape index (κ1) is 103. The summed E-state index contributed by atoms with van der Waals surface area (Å²) in [4.78, 5) is 0. The second-order valence-electron chi connectivity index (χ2n) is 0. The van der Waals surface area contributed by atoms with Crippen LogP contribution in [-0.2, 0) is 0 Å². The fourth-order valence-electron chi connectivity index (χ4n) is 0. The van der Waals surface area contributed by atoms with Crippen molar-refractivity contribution in [2.24, 2.45) is 0 Å². The molecule has 0 heterocycles. The van der Waals surface area contributed by atoms with Gasteiger partial charge in [0.25, 0.3) is 0 Å². The molecule has 11 radical (unpaired) electrons. The topological polar surface area (TPSA) is 93.0 Å². The van der Waals surface area contributed by atoms with Crippen molar-refractivity contribution in [2.75, 3.05) is 0 Å². The summed E-state index contributed by atoms with van der Waals surface area (Å²) < 4.78 is 0. The smallest absolute Gasteiger partial charge is 0 e. The molecule has 0 saturated heterocycles. The van der Waals surface area contributed by atoms with Gasteiger partial charge in [-0.15, -0.1) is 0 Å². The first-order chi connectivity index (χ1) is 0. The minimum absolute atomic E-state index is 0. The van der Waals surface area contributed by atoms with Crippen LogP contribution in [0.4, 0.5) is 0 Å². The van der Waals surface area contributed by atoms with Gasteiger partial charge in [0.2, 0.25) is 0 Å². The standard InChI is InChI=1S/Al.Ca.Mg.3H2O.Si/h;;;3*1H2;/p-1. The summed E-state index contributed by atoms with van der Waals surface area (Å²) in [5, 5.41) is 0. The minimum Gasteiger partial charge on any atom is -0.870 e. The third kappa shape index (κ3) is 54.4. The van der Waals surface area contributed by atoms with Crippen molar-refractivity contribution >= 4 is 89.1 Å². The Kier molecular flexibility index (Phi) is 1050. The molecule has 5 N–H and O–H groups in total. The molecule has 0 fully saturated rings. The zero-order chi connectivity index (χ0) is 0. The van der Waals surface area contributed by atoms with E-state index in [9.17, 15) is 0 Å². The third-order valence-electron chi connectivity index (χ3n) is 0. The van der Waals surface area contributed by atoms with Crippen LogP contribution in [0.3, 0.4) is 0 Å². The van der Waals surface area contributed by atoms with Crippen molar-refractivity contribution in [1.82, 2.24) is 0 Å². The van der Waals surface area contributed by atoms with E-state index in [0.29, 0.717) is 0 Å². The molecular weight excluding hydrogens is 167 g/mol. The van der Waals surface area contributed by atoms with Crippen LogP contribution in [0.5, 0.6) is 0 Å². The van der Waals surface area contributed by atoms with Crippen LogP contribution in [0.15, 0.2) is 0 Å². The molecule has 35 valence electrons. The molecule has 0 amide bonds. The Morgan fingerprint density at radius 3 is 0.857 bits per heavy atom. The predicted octanol–water partition coefficient (Wildman–Crippen LogP) is -3.35. The van der Waals surface area contributed by atoms with E-state index in [2.05, 4.69) is 0 Å². The zero-order valence-corrected chi connectivity index (χ0v) is 9.72. The monoisotopic (exact) mass is 172 g/mol. The van der Waals surface area contributed by atoms with Crippen LogP contribution in [0, 0.1) is 0 Å². The summed E-state index contributed by atoms with van der Waals surface area (Å²) in [6, 6.07) is 0. The first-order valence-corrected chi connectivity index (χ1v) is 0. The van der Waals surface area contributed by atoms with Crippen LogP contribution >= 0.6 is 0 Å². The van der Waals surface area contributed by atoms with Gasteiger partial charge in [0.05, 0.1) is 0 Å². The molecule has 3 nitrogen and oxygen atoms in total. The Labute approximate surface area is 104 Å². The van der Waals surface area contributed by atoms with E-state index in [1.165, 1.54) is 0 Å². The van der Waals surface area contributed by atoms with E-state index in [0.717, 1.165) is 0 Å². The Hall–Kier alpha value is 2.66. The first-order valence-electron chi connectivity index (χ1n) is 0. The summed E-state index contributed by atoms with van der Waals surface area (Å²) in [6.07, 6.45) is 0. The van der Waals surface area contributed by atoms with Crippen LogP contribution in [-0.4, -0.2) is 106 Å². The van der Waals surface area contributed by atoms with E-state index < -0.39 is 0 Å². The van der Waals surface area contributed by atoms with E-state index in [1.54, 1.807) is 0 Å². The summed E-state index contributed by atoms with van der Waals surface area (Å²) in [6.45, 7) is 0. The molecular formula is H5AlCaMgO3Si-. The van der Waals surface area contributed by atoms with E-state index in [4.69, 9.17) is 0 Å². The second kappa shape index (κ2) is 71.9. The predicted molar refractivity (Wildman–Crippen MR) is 32.2 cm³/mol. The van der Waals surface area contributed by atoms with Gasteiger partial charge in [0, 0.05) is 89.1 Å². The normalized spacial score (nSPS) is 0. The average molecular weight is 172 g/mol. The van der Waals surface area contributed by atoms with Crippen LogP contribution in [0.1, 0.15) is 0 Å². The van der Waals surface area contributed by atoms with Crippen molar-refractivity contribution in [2.45, 2.75) is 0 Å². The molecule has 0 bridgehead atoms. The fraction of sp³-hybridized carbons (Fsp3) is 0. The van der Waals surface area contributed by atoms with Crippen LogP contribution < -0.4 is 0 Å². The van der Waals surface area contributed by atoms with Gasteiger partial charge in [0.1, 0.15) is 0 Å². The van der Waals surface area contributed by atoms with Gasteiger partial charge in [-0.3, -0.25) is 0 Å². The molecule has 0 rings (SSSR count). The molecule has 0 unspecified atom stereocenters. The van der Waals surface area contributed by atoms with Crippen molar-refractivity contribution in [3.05, 3.63) is 0 Å². The zero-order valence-electron chi connectivity index (χ0n) is 3.94. The van der Waals surface area contributed by atoms with Crippen LogP contribution in [0.2, 0.25) is 0 Å². The number of hydrogen-bond donors (Lipinski definition) is 0. The molecule has 7 heavy (non-hydrogen) atoms. The Bertz CT molecular complexity index is 14.9. The van der Waals surface area contributed by atoms with Gasteiger partial charge in [-0.2, -0.15) is 0 Å². The molecule has 0 spiro atoms. The maximum absolute atomic E-state index is 0. The minimum atomic E-state index is 0. The van der Waals surface area contributed by atoms with Gasteiger partial charge >= 0.3 is 0 Å². The average Bonchev–Trinajstić information content (AvgIpc) is 0. The third-order valence-corrected chi connectivity index (χ3v) is 0. The molecule has 0 aromatic rings. The SMILES string of the molecule is O.O.[Al].[Ca].[Mg].[OH-].[Si]. The molecule has 0 atom stereocenters. The molecule has 0 aromatic carbocycles. The molecule has 0 aromatic heterocycles. The van der Waals surface area contributed by atoms with Gasteiger partial charge < -0.3 is 16.4 Å². The summed E-state index contributed by atoms with van der Waals surface area (Å²) in [7, 11) is 0. The van der Waals surface area contributed by atoms with Gasteiger partial charge in [-0.1, -0.05) is 0 Å². The van der Waals surface area contributed by atoms with Gasteiger partial charge in [-0.25, -0.2) is 0 Å². The molecule has 0 saturated carbocycles. The quantitative estimate of drug-likeness (QED) is 0.351. The molecule has 0 aliphatic heterocycles. The van der Waals surface area contributed by atoms with Crippen molar-refractivity contribution in [3.63, 3.8) is 0 Å². The largest absolute Gasteiger partial charge is 0.870 e. The van der Waals surface area contributed by atoms with E-state index in [-0.39, 0.29) is 106 Å². The summed E-state index contributed by atoms with van der Waals surface area (Å²) in [5.41, 5.74) is 0. The maximum atomic E-state index is 0. The van der Waals surface area contributed by atoms with Gasteiger partial charge in [0.15, 0.2) is 0 Å². The van der Waals surface area contributed by atoms with Crippen molar-refractivity contribution < 1.29 is 16.4 Å². The van der Waals surface area contributed by atoms with E-state index in [1.807, 2.05) is 0 Å². The van der Waals surface area contributed by atoms with Gasteiger partial charge in [-0.05, 0) is 0 Å². The molecule has 0 aliphatic carbocycles. The number of hydrogen-bond acceptors (Lipinski definition) is 1. The fourth-order valence-corrected chi connectivity index (χ4v) is 0. The van der Waals surface area contributed by atoms with E-state index >= 15 is 0 Å². The number of rotatable bonds is 0. The molecule has 0 aliphatic rings. The van der Waals surface area contributed by atoms with Crippen molar-refractivity contribution in [1.29, 1.82) is 0 Å². The molecule has 7 heteroatoms.